The molecule has 0 spiro atoms. The van der Waals surface area contributed by atoms with Crippen molar-refractivity contribution in [1.82, 2.24) is 4.31 Å². The molecule has 8 heavy (non-hydrogen) atoms. The van der Waals surface area contributed by atoms with Gasteiger partial charge in [0.25, 0.3) is 0 Å². The van der Waals surface area contributed by atoms with Gasteiger partial charge in [-0.05, 0) is 0 Å². The molecule has 0 fully saturated rings. The Morgan fingerprint density at radius 2 is 2.00 bits per heavy atom. The lowest BCUT2D eigenvalue weighted by Gasteiger charge is -2.04. The number of hydrogen-bond acceptors (Lipinski definition) is 2. The van der Waals surface area contributed by atoms with E-state index in [1.54, 1.807) is 6.92 Å². The second kappa shape index (κ2) is 2.41. The van der Waals surface area contributed by atoms with Gasteiger partial charge in [0.05, 0.1) is 0 Å². The Labute approximate surface area is 48.5 Å². The van der Waals surface area contributed by atoms with Crippen LogP contribution in [-0.4, -0.2) is 26.3 Å². The number of nitrogens with zero attached hydrogens (tertiary/aromatic N) is 1. The lowest BCUT2D eigenvalue weighted by molar-refractivity contribution is 0.446. The maximum absolute atomic E-state index is 11.7. The van der Waals surface area contributed by atoms with Gasteiger partial charge in [0.1, 0.15) is 0 Å². The van der Waals surface area contributed by atoms with E-state index in [1.165, 1.54) is 7.05 Å². The van der Waals surface area contributed by atoms with Crippen molar-refractivity contribution in [2.45, 2.75) is 6.92 Å². The molecule has 0 aromatic rings. The van der Waals surface area contributed by atoms with Crippen LogP contribution in [0.15, 0.2) is 0 Å². The van der Waals surface area contributed by atoms with Gasteiger partial charge in [0.15, 0.2) is 0 Å². The molecule has 0 amide bonds. The van der Waals surface area contributed by atoms with Crippen LogP contribution in [0.3, 0.4) is 0 Å². The topological polar surface area (TPSA) is 37.4 Å². The smallest absolute Gasteiger partial charge is 0.178 e. The van der Waals surface area contributed by atoms with Crippen LogP contribution >= 0.6 is 0 Å². The molecule has 3 nitrogen and oxygen atoms in total. The molecule has 50 valence electrons. The van der Waals surface area contributed by atoms with Crippen LogP contribution in [-0.2, 0) is 10.4 Å². The Morgan fingerprint density at radius 3 is 2.00 bits per heavy atom. The third-order valence-corrected chi connectivity index (χ3v) is 1.82. The molecule has 0 atom stereocenters. The Balaban J connectivity index is 4.04. The predicted octanol–water partition coefficient (Wildman–Crippen LogP) is 0.152. The minimum atomic E-state index is -4.42. The van der Waals surface area contributed by atoms with E-state index in [0.29, 0.717) is 4.31 Å². The van der Waals surface area contributed by atoms with Crippen LogP contribution in [0, 0.1) is 0 Å². The fourth-order valence-electron chi connectivity index (χ4n) is 0.154. The zero-order valence-electron chi connectivity index (χ0n) is 4.76. The van der Waals surface area contributed by atoms with Crippen LogP contribution in [0.2, 0.25) is 0 Å². The van der Waals surface area contributed by atoms with Gasteiger partial charge in [-0.25, -0.2) is 0 Å². The van der Waals surface area contributed by atoms with Gasteiger partial charge >= 0.3 is 10.4 Å². The molecular formula is C3H8FNO2S. The van der Waals surface area contributed by atoms with E-state index in [2.05, 4.69) is 0 Å². The first-order chi connectivity index (χ1) is 3.48. The average Bonchev–Trinajstić information content (AvgIpc) is 1.62. The summed E-state index contributed by atoms with van der Waals surface area (Å²) in [6.45, 7) is 1.72. The summed E-state index contributed by atoms with van der Waals surface area (Å²) in [4.78, 5) is 0. The first-order valence-corrected chi connectivity index (χ1v) is 3.48. The quantitative estimate of drug-likeness (QED) is 0.513. The highest BCUT2D eigenvalue weighted by atomic mass is 32.3. The van der Waals surface area contributed by atoms with Crippen molar-refractivity contribution in [1.29, 1.82) is 0 Å². The summed E-state index contributed by atoms with van der Waals surface area (Å²) in [6, 6.07) is 0. The van der Waals surface area contributed by atoms with Crippen LogP contribution in [0.1, 0.15) is 6.92 Å². The number of rotatable bonds is 2. The van der Waals surface area contributed by atoms with Gasteiger partial charge in [-0.3, -0.25) is 0 Å². The maximum Gasteiger partial charge on any atom is 0.374 e. The molecule has 0 aromatic heterocycles. The molecule has 0 heterocycles. The molecule has 0 saturated carbocycles. The lowest BCUT2D eigenvalue weighted by atomic mass is 10.8. The molecule has 5 heteroatoms. The fraction of sp³-hybridized carbons (Fsp3) is 1.00. The van der Waals surface area contributed by atoms with Crippen molar-refractivity contribution in [3.8, 4) is 0 Å². The van der Waals surface area contributed by atoms with Gasteiger partial charge < -0.3 is 0 Å². The molecule has 0 radical (unpaired) electrons. The Kier molecular flexibility index (Phi) is 2.36. The molecule has 0 unspecified atom stereocenters. The van der Waals surface area contributed by atoms with Crippen molar-refractivity contribution in [3.05, 3.63) is 0 Å². The summed E-state index contributed by atoms with van der Waals surface area (Å²) in [7, 11) is -3.24. The highest BCUT2D eigenvalue weighted by Gasteiger charge is 2.11. The molecule has 0 aliphatic carbocycles. The zero-order chi connectivity index (χ0) is 6.78. The van der Waals surface area contributed by atoms with Gasteiger partial charge in [-0.15, -0.1) is 0 Å². The normalized spacial score (nSPS) is 12.5. The van der Waals surface area contributed by atoms with Crippen molar-refractivity contribution < 1.29 is 12.3 Å². The minimum absolute atomic E-state index is 0.166. The summed E-state index contributed by atoms with van der Waals surface area (Å²) < 4.78 is 31.9. The van der Waals surface area contributed by atoms with E-state index >= 15 is 0 Å². The third-order valence-electron chi connectivity index (χ3n) is 0.818. The highest BCUT2D eigenvalue weighted by molar-refractivity contribution is 7.83. The maximum atomic E-state index is 11.7. The van der Waals surface area contributed by atoms with Gasteiger partial charge in [0.2, 0.25) is 0 Å². The summed E-state index contributed by atoms with van der Waals surface area (Å²) in [5.41, 5.74) is 0. The van der Waals surface area contributed by atoms with Crippen molar-refractivity contribution in [3.63, 3.8) is 0 Å². The number of hydrogen-bond donors (Lipinski definition) is 0. The Bertz CT molecular complexity index is 153. The van der Waals surface area contributed by atoms with E-state index < -0.39 is 10.4 Å². The fourth-order valence-corrected chi connectivity index (χ4v) is 0.463. The first kappa shape index (κ1) is 7.84. The summed E-state index contributed by atoms with van der Waals surface area (Å²) in [5, 5.41) is 0. The Morgan fingerprint density at radius 1 is 1.62 bits per heavy atom. The van der Waals surface area contributed by atoms with Crippen LogP contribution in [0.4, 0.5) is 3.89 Å². The van der Waals surface area contributed by atoms with Crippen LogP contribution < -0.4 is 0 Å². The molecule has 0 bridgehead atoms. The molecular weight excluding hydrogens is 133 g/mol. The molecule has 0 aliphatic heterocycles. The van der Waals surface area contributed by atoms with Gasteiger partial charge in [-0.1, -0.05) is 10.8 Å². The lowest BCUT2D eigenvalue weighted by Crippen LogP contribution is -2.21. The monoisotopic (exact) mass is 141 g/mol. The molecule has 0 rings (SSSR count). The van der Waals surface area contributed by atoms with Crippen molar-refractivity contribution in [2.24, 2.45) is 0 Å². The van der Waals surface area contributed by atoms with Gasteiger partial charge in [-0.2, -0.15) is 12.7 Å². The largest absolute Gasteiger partial charge is 0.374 e. The predicted molar refractivity (Wildman–Crippen MR) is 28.3 cm³/mol. The van der Waals surface area contributed by atoms with E-state index in [9.17, 15) is 12.3 Å². The van der Waals surface area contributed by atoms with Crippen molar-refractivity contribution in [2.75, 3.05) is 13.6 Å². The average molecular weight is 141 g/mol. The highest BCUT2D eigenvalue weighted by Crippen LogP contribution is 1.95. The zero-order valence-corrected chi connectivity index (χ0v) is 5.57. The minimum Gasteiger partial charge on any atom is -0.178 e. The first-order valence-electron chi connectivity index (χ1n) is 2.14. The molecule has 0 aliphatic rings. The van der Waals surface area contributed by atoms with E-state index in [4.69, 9.17) is 0 Å². The SMILES string of the molecule is CCN(C)S(=O)(=O)F. The summed E-state index contributed by atoms with van der Waals surface area (Å²) in [5.74, 6) is 0. The second-order valence-corrected chi connectivity index (χ2v) is 2.80. The summed E-state index contributed by atoms with van der Waals surface area (Å²) >= 11 is 0. The van der Waals surface area contributed by atoms with E-state index in [1.807, 2.05) is 0 Å². The molecule has 0 saturated heterocycles. The number of halogens is 1. The standard InChI is InChI=1S/C3H8FNO2S/c1-3-5(2)8(4,6)7/h3H2,1-2H3. The van der Waals surface area contributed by atoms with Gasteiger partial charge in [0, 0.05) is 13.6 Å². The molecule has 0 aromatic carbocycles. The van der Waals surface area contributed by atoms with Crippen LogP contribution in [0.25, 0.3) is 0 Å². The van der Waals surface area contributed by atoms with Crippen LogP contribution in [0.5, 0.6) is 0 Å². The Hall–Kier alpha value is -0.160. The summed E-state index contributed by atoms with van der Waals surface area (Å²) in [6.07, 6.45) is 0. The second-order valence-electron chi connectivity index (χ2n) is 1.36. The molecule has 0 N–H and O–H groups in total. The van der Waals surface area contributed by atoms with E-state index in [0.717, 1.165) is 0 Å². The van der Waals surface area contributed by atoms with Crippen molar-refractivity contribution >= 4 is 10.4 Å². The third kappa shape index (κ3) is 2.23. The van der Waals surface area contributed by atoms with E-state index in [-0.39, 0.29) is 6.54 Å².